The molecule has 23 heavy (non-hydrogen) atoms. The van der Waals surface area contributed by atoms with E-state index in [1.54, 1.807) is 11.3 Å². The molecule has 3 aromatic rings. The molecule has 0 aliphatic carbocycles. The van der Waals surface area contributed by atoms with Crippen molar-refractivity contribution in [3.05, 3.63) is 53.0 Å². The first kappa shape index (κ1) is 14.3. The van der Waals surface area contributed by atoms with Crippen LogP contribution in [-0.4, -0.2) is 42.0 Å². The number of thiophene rings is 1. The van der Waals surface area contributed by atoms with Crippen molar-refractivity contribution in [3.63, 3.8) is 0 Å². The van der Waals surface area contributed by atoms with Gasteiger partial charge in [-0.25, -0.2) is 0 Å². The summed E-state index contributed by atoms with van der Waals surface area (Å²) in [5, 5.41) is 2.04. The zero-order valence-electron chi connectivity index (χ0n) is 13.1. The Balaban J connectivity index is 1.44. The molecule has 0 unspecified atom stereocenters. The molecule has 0 atom stereocenters. The Morgan fingerprint density at radius 1 is 1.13 bits per heavy atom. The van der Waals surface area contributed by atoms with Crippen molar-refractivity contribution in [2.75, 3.05) is 31.1 Å². The molecular weight excluding hydrogens is 306 g/mol. The van der Waals surface area contributed by atoms with Crippen LogP contribution < -0.4 is 4.90 Å². The summed E-state index contributed by atoms with van der Waals surface area (Å²) in [6, 6.07) is 12.5. The third-order valence-electron chi connectivity index (χ3n) is 4.40. The van der Waals surface area contributed by atoms with Crippen LogP contribution in [0.1, 0.15) is 16.1 Å². The molecule has 1 amide bonds. The first-order valence-electron chi connectivity index (χ1n) is 7.88. The minimum Gasteiger partial charge on any atom is -0.368 e. The number of nitrogens with one attached hydrogen (secondary N) is 1. The van der Waals surface area contributed by atoms with Crippen molar-refractivity contribution >= 4 is 33.1 Å². The van der Waals surface area contributed by atoms with Gasteiger partial charge in [0.05, 0.1) is 10.2 Å². The Labute approximate surface area is 139 Å². The molecular formula is C18H19N3OS. The average Bonchev–Trinajstić information content (AvgIpc) is 3.16. The summed E-state index contributed by atoms with van der Waals surface area (Å²) in [4.78, 5) is 20.2. The minimum absolute atomic E-state index is 0.109. The molecule has 118 valence electrons. The number of benzene rings is 1. The van der Waals surface area contributed by atoms with Gasteiger partial charge in [0, 0.05) is 31.9 Å². The molecule has 4 nitrogen and oxygen atoms in total. The van der Waals surface area contributed by atoms with Crippen LogP contribution in [0.5, 0.6) is 0 Å². The molecule has 0 spiro atoms. The van der Waals surface area contributed by atoms with Gasteiger partial charge in [0.2, 0.25) is 0 Å². The lowest BCUT2D eigenvalue weighted by molar-refractivity contribution is 0.0742. The zero-order valence-corrected chi connectivity index (χ0v) is 13.9. The molecule has 1 saturated heterocycles. The van der Waals surface area contributed by atoms with E-state index < -0.39 is 0 Å². The number of nitrogens with zero attached hydrogens (tertiary/aromatic N) is 2. The minimum atomic E-state index is 0.109. The molecule has 1 aromatic carbocycles. The number of carbonyl (C=O) groups excluding carboxylic acids is 1. The molecule has 5 heteroatoms. The van der Waals surface area contributed by atoms with E-state index in [-0.39, 0.29) is 5.91 Å². The van der Waals surface area contributed by atoms with E-state index >= 15 is 0 Å². The molecule has 1 aliphatic heterocycles. The summed E-state index contributed by atoms with van der Waals surface area (Å²) < 4.78 is 1.15. The predicted octanol–water partition coefficient (Wildman–Crippen LogP) is 3.50. The van der Waals surface area contributed by atoms with E-state index in [9.17, 15) is 4.79 Å². The third-order valence-corrected chi connectivity index (χ3v) is 5.27. The first-order chi connectivity index (χ1) is 11.2. The quantitative estimate of drug-likeness (QED) is 0.783. The highest BCUT2D eigenvalue weighted by molar-refractivity contribution is 7.17. The number of rotatable bonds is 2. The number of H-pyrrole nitrogens is 1. The molecule has 1 aliphatic rings. The van der Waals surface area contributed by atoms with Crippen molar-refractivity contribution in [1.82, 2.24) is 9.88 Å². The molecule has 3 heterocycles. The number of aromatic amines is 1. The van der Waals surface area contributed by atoms with Crippen LogP contribution in [0.15, 0.2) is 41.8 Å². The number of anilines is 1. The zero-order chi connectivity index (χ0) is 15.8. The second-order valence-electron chi connectivity index (χ2n) is 6.00. The van der Waals surface area contributed by atoms with E-state index in [2.05, 4.69) is 41.1 Å². The summed E-state index contributed by atoms with van der Waals surface area (Å²) in [5.41, 5.74) is 4.28. The lowest BCUT2D eigenvalue weighted by Gasteiger charge is -2.36. The summed E-state index contributed by atoms with van der Waals surface area (Å²) >= 11 is 1.66. The molecule has 1 N–H and O–H groups in total. The van der Waals surface area contributed by atoms with Crippen molar-refractivity contribution < 1.29 is 4.79 Å². The Morgan fingerprint density at radius 2 is 1.96 bits per heavy atom. The number of aromatic nitrogens is 1. The van der Waals surface area contributed by atoms with Gasteiger partial charge in [0.1, 0.15) is 5.69 Å². The van der Waals surface area contributed by atoms with Gasteiger partial charge in [0.25, 0.3) is 5.91 Å². The number of hydrogen-bond acceptors (Lipinski definition) is 3. The highest BCUT2D eigenvalue weighted by Crippen LogP contribution is 2.23. The molecule has 0 saturated carbocycles. The summed E-state index contributed by atoms with van der Waals surface area (Å²) in [7, 11) is 0. The SMILES string of the molecule is Cc1cccc(N2CCN(C(=O)c3cc4sccc4[nH]3)CC2)c1. The monoisotopic (exact) mass is 325 g/mol. The number of aryl methyl sites for hydroxylation is 1. The van der Waals surface area contributed by atoms with E-state index in [0.29, 0.717) is 5.69 Å². The van der Waals surface area contributed by atoms with Crippen molar-refractivity contribution in [3.8, 4) is 0 Å². The van der Waals surface area contributed by atoms with Gasteiger partial charge >= 0.3 is 0 Å². The van der Waals surface area contributed by atoms with Crippen molar-refractivity contribution in [2.24, 2.45) is 0 Å². The lowest BCUT2D eigenvalue weighted by Crippen LogP contribution is -2.48. The van der Waals surface area contributed by atoms with Crippen LogP contribution in [0.2, 0.25) is 0 Å². The topological polar surface area (TPSA) is 39.3 Å². The van der Waals surface area contributed by atoms with Crippen LogP contribution in [-0.2, 0) is 0 Å². The van der Waals surface area contributed by atoms with Crippen LogP contribution in [0.3, 0.4) is 0 Å². The maximum absolute atomic E-state index is 12.6. The summed E-state index contributed by atoms with van der Waals surface area (Å²) in [5.74, 6) is 0.109. The highest BCUT2D eigenvalue weighted by atomic mass is 32.1. The number of piperazine rings is 1. The lowest BCUT2D eigenvalue weighted by atomic mass is 10.2. The third kappa shape index (κ3) is 2.72. The van der Waals surface area contributed by atoms with Gasteiger partial charge < -0.3 is 14.8 Å². The van der Waals surface area contributed by atoms with Gasteiger partial charge in [-0.3, -0.25) is 4.79 Å². The van der Waals surface area contributed by atoms with Gasteiger partial charge in [-0.2, -0.15) is 0 Å². The second kappa shape index (κ2) is 5.74. The summed E-state index contributed by atoms with van der Waals surface area (Å²) in [6.07, 6.45) is 0. The van der Waals surface area contributed by atoms with Crippen LogP contribution >= 0.6 is 11.3 Å². The van der Waals surface area contributed by atoms with Gasteiger partial charge in [-0.15, -0.1) is 11.3 Å². The van der Waals surface area contributed by atoms with Crippen LogP contribution in [0.25, 0.3) is 10.2 Å². The van der Waals surface area contributed by atoms with E-state index in [4.69, 9.17) is 0 Å². The van der Waals surface area contributed by atoms with E-state index in [1.165, 1.54) is 11.3 Å². The Bertz CT molecular complexity index is 814. The maximum Gasteiger partial charge on any atom is 0.270 e. The number of hydrogen-bond donors (Lipinski definition) is 1. The van der Waals surface area contributed by atoms with E-state index in [1.807, 2.05) is 22.4 Å². The standard InChI is InChI=1S/C18H19N3OS/c1-13-3-2-4-14(11-13)20-6-8-21(9-7-20)18(22)16-12-17-15(19-16)5-10-23-17/h2-5,10-12,19H,6-9H2,1H3. The van der Waals surface area contributed by atoms with E-state index in [0.717, 1.165) is 36.4 Å². The van der Waals surface area contributed by atoms with Crippen molar-refractivity contribution in [2.45, 2.75) is 6.92 Å². The average molecular weight is 325 g/mol. The Hall–Kier alpha value is -2.27. The second-order valence-corrected chi connectivity index (χ2v) is 6.95. The van der Waals surface area contributed by atoms with Gasteiger partial charge in [0.15, 0.2) is 0 Å². The highest BCUT2D eigenvalue weighted by Gasteiger charge is 2.23. The normalized spacial score (nSPS) is 15.3. The van der Waals surface area contributed by atoms with Crippen LogP contribution in [0, 0.1) is 6.92 Å². The molecule has 2 aromatic heterocycles. The maximum atomic E-state index is 12.6. The number of carbonyl (C=O) groups is 1. The summed E-state index contributed by atoms with van der Waals surface area (Å²) in [6.45, 7) is 5.40. The van der Waals surface area contributed by atoms with Gasteiger partial charge in [-0.05, 0) is 42.1 Å². The largest absolute Gasteiger partial charge is 0.368 e. The first-order valence-corrected chi connectivity index (χ1v) is 8.76. The number of fused-ring (bicyclic) bond motifs is 1. The molecule has 0 bridgehead atoms. The Kier molecular flexibility index (Phi) is 3.58. The fourth-order valence-corrected chi connectivity index (χ4v) is 3.91. The fourth-order valence-electron chi connectivity index (χ4n) is 3.13. The van der Waals surface area contributed by atoms with Gasteiger partial charge in [-0.1, -0.05) is 12.1 Å². The fraction of sp³-hybridized carbons (Fsp3) is 0.278. The molecule has 4 rings (SSSR count). The molecule has 1 fully saturated rings. The molecule has 0 radical (unpaired) electrons. The van der Waals surface area contributed by atoms with Crippen molar-refractivity contribution in [1.29, 1.82) is 0 Å². The number of amides is 1. The smallest absolute Gasteiger partial charge is 0.270 e. The van der Waals surface area contributed by atoms with Crippen LogP contribution in [0.4, 0.5) is 5.69 Å². The Morgan fingerprint density at radius 3 is 2.70 bits per heavy atom. The predicted molar refractivity (Wildman–Crippen MR) is 95.5 cm³/mol.